The van der Waals surface area contributed by atoms with Gasteiger partial charge in [-0.2, -0.15) is 0 Å². The molecule has 0 spiro atoms. The Morgan fingerprint density at radius 3 is 2.48 bits per heavy atom. The number of aliphatic hydroxyl groups is 1. The molecule has 0 fully saturated rings. The van der Waals surface area contributed by atoms with Crippen molar-refractivity contribution in [1.82, 2.24) is 4.98 Å². The highest BCUT2D eigenvalue weighted by molar-refractivity contribution is 9.10. The quantitative estimate of drug-likeness (QED) is 0.890. The van der Waals surface area contributed by atoms with Crippen molar-refractivity contribution in [2.24, 2.45) is 0 Å². The molecule has 0 aliphatic carbocycles. The molecule has 0 saturated carbocycles. The van der Waals surface area contributed by atoms with E-state index in [2.05, 4.69) is 25.7 Å². The third-order valence-electron chi connectivity index (χ3n) is 2.33. The van der Waals surface area contributed by atoms with Crippen LogP contribution in [-0.2, 0) is 6.61 Å². The maximum absolute atomic E-state index is 12.1. The van der Waals surface area contributed by atoms with Crippen molar-refractivity contribution in [2.45, 2.75) is 13.0 Å². The predicted molar refractivity (Wildman–Crippen MR) is 71.1 cm³/mol. The van der Waals surface area contributed by atoms with Crippen LogP contribution in [0.4, 0.5) is 13.2 Å². The molecule has 0 saturated heterocycles. The monoisotopic (exact) mass is 363 g/mol. The highest BCUT2D eigenvalue weighted by Gasteiger charge is 2.32. The number of halogens is 4. The Morgan fingerprint density at radius 2 is 1.95 bits per heavy atom. The molecular formula is C13H9BrF3NO3. The number of alkyl halides is 3. The molecule has 0 amide bonds. The van der Waals surface area contributed by atoms with E-state index >= 15 is 0 Å². The van der Waals surface area contributed by atoms with E-state index in [0.717, 1.165) is 6.07 Å². The zero-order chi connectivity index (χ0) is 15.5. The fraction of sp³-hybridized carbons (Fsp3) is 0.154. The molecule has 0 aliphatic rings. The van der Waals surface area contributed by atoms with Crippen molar-refractivity contribution in [1.29, 1.82) is 0 Å². The van der Waals surface area contributed by atoms with Gasteiger partial charge in [0.15, 0.2) is 0 Å². The topological polar surface area (TPSA) is 51.6 Å². The first-order chi connectivity index (χ1) is 9.87. The van der Waals surface area contributed by atoms with Crippen LogP contribution < -0.4 is 9.47 Å². The Hall–Kier alpha value is -1.80. The molecule has 8 heteroatoms. The number of hydrogen-bond donors (Lipinski definition) is 1. The van der Waals surface area contributed by atoms with Gasteiger partial charge in [0.2, 0.25) is 5.88 Å². The molecule has 0 bridgehead atoms. The van der Waals surface area contributed by atoms with E-state index in [1.54, 1.807) is 12.1 Å². The average Bonchev–Trinajstić information content (AvgIpc) is 2.41. The summed E-state index contributed by atoms with van der Waals surface area (Å²) in [5.74, 6) is 0.183. The van der Waals surface area contributed by atoms with Gasteiger partial charge in [0, 0.05) is 12.3 Å². The van der Waals surface area contributed by atoms with Crippen molar-refractivity contribution in [3.8, 4) is 17.4 Å². The van der Waals surface area contributed by atoms with E-state index < -0.39 is 6.36 Å². The molecule has 21 heavy (non-hydrogen) atoms. The van der Waals surface area contributed by atoms with Crippen LogP contribution in [0.15, 0.2) is 41.0 Å². The maximum Gasteiger partial charge on any atom is 0.573 e. The van der Waals surface area contributed by atoms with Gasteiger partial charge in [-0.1, -0.05) is 0 Å². The SMILES string of the molecule is OCc1ccc(Oc2ccc(OC(F)(F)F)c(Br)c2)nc1. The Morgan fingerprint density at radius 1 is 1.19 bits per heavy atom. The first-order valence-corrected chi connectivity index (χ1v) is 6.45. The fourth-order valence-corrected chi connectivity index (χ4v) is 1.88. The van der Waals surface area contributed by atoms with E-state index in [-0.39, 0.29) is 22.7 Å². The average molecular weight is 364 g/mol. The van der Waals surface area contributed by atoms with Crippen LogP contribution in [0.25, 0.3) is 0 Å². The summed E-state index contributed by atoms with van der Waals surface area (Å²) in [6, 6.07) is 6.96. The van der Waals surface area contributed by atoms with Crippen LogP contribution >= 0.6 is 15.9 Å². The van der Waals surface area contributed by atoms with Crippen molar-refractivity contribution in [3.63, 3.8) is 0 Å². The molecule has 1 N–H and O–H groups in total. The molecule has 1 heterocycles. The molecule has 0 unspecified atom stereocenters. The number of ether oxygens (including phenoxy) is 2. The molecule has 0 aliphatic heterocycles. The highest BCUT2D eigenvalue weighted by atomic mass is 79.9. The van der Waals surface area contributed by atoms with Gasteiger partial charge in [-0.25, -0.2) is 4.98 Å². The van der Waals surface area contributed by atoms with Gasteiger partial charge in [-0.05, 0) is 45.8 Å². The lowest BCUT2D eigenvalue weighted by atomic mass is 10.3. The number of nitrogens with zero attached hydrogens (tertiary/aromatic N) is 1. The molecular weight excluding hydrogens is 355 g/mol. The lowest BCUT2D eigenvalue weighted by molar-refractivity contribution is -0.274. The summed E-state index contributed by atoms with van der Waals surface area (Å²) in [6.45, 7) is -0.137. The second kappa shape index (κ2) is 6.31. The Labute approximate surface area is 126 Å². The first-order valence-electron chi connectivity index (χ1n) is 5.66. The normalized spacial score (nSPS) is 11.3. The number of pyridine rings is 1. The predicted octanol–water partition coefficient (Wildman–Crippen LogP) is 4.03. The Kier molecular flexibility index (Phi) is 4.69. The second-order valence-electron chi connectivity index (χ2n) is 3.90. The minimum Gasteiger partial charge on any atom is -0.439 e. The summed E-state index contributed by atoms with van der Waals surface area (Å²) in [5.41, 5.74) is 0.623. The molecule has 2 rings (SSSR count). The summed E-state index contributed by atoms with van der Waals surface area (Å²) < 4.78 is 45.7. The van der Waals surface area contributed by atoms with E-state index in [4.69, 9.17) is 9.84 Å². The summed E-state index contributed by atoms with van der Waals surface area (Å²) in [4.78, 5) is 3.95. The fourth-order valence-electron chi connectivity index (χ4n) is 1.44. The van der Waals surface area contributed by atoms with Crippen molar-refractivity contribution in [3.05, 3.63) is 46.6 Å². The van der Waals surface area contributed by atoms with Crippen LogP contribution in [-0.4, -0.2) is 16.5 Å². The van der Waals surface area contributed by atoms with Crippen molar-refractivity contribution < 1.29 is 27.8 Å². The van der Waals surface area contributed by atoms with Crippen LogP contribution in [0.1, 0.15) is 5.56 Å². The van der Waals surface area contributed by atoms with E-state index in [1.165, 1.54) is 18.3 Å². The van der Waals surface area contributed by atoms with Gasteiger partial charge >= 0.3 is 6.36 Å². The first kappa shape index (κ1) is 15.6. The van der Waals surface area contributed by atoms with Gasteiger partial charge in [0.1, 0.15) is 11.5 Å². The molecule has 1 aromatic heterocycles. The molecule has 0 radical (unpaired) electrons. The summed E-state index contributed by atoms with van der Waals surface area (Å²) >= 11 is 2.98. The lowest BCUT2D eigenvalue weighted by Crippen LogP contribution is -2.17. The number of hydrogen-bond acceptors (Lipinski definition) is 4. The molecule has 1 aromatic carbocycles. The van der Waals surface area contributed by atoms with Crippen molar-refractivity contribution >= 4 is 15.9 Å². The van der Waals surface area contributed by atoms with Gasteiger partial charge in [0.05, 0.1) is 11.1 Å². The van der Waals surface area contributed by atoms with E-state index in [9.17, 15) is 13.2 Å². The van der Waals surface area contributed by atoms with Crippen LogP contribution in [0, 0.1) is 0 Å². The number of rotatable bonds is 4. The van der Waals surface area contributed by atoms with Crippen LogP contribution in [0.2, 0.25) is 0 Å². The molecule has 0 atom stereocenters. The zero-order valence-corrected chi connectivity index (χ0v) is 12.0. The maximum atomic E-state index is 12.1. The third-order valence-corrected chi connectivity index (χ3v) is 2.95. The van der Waals surface area contributed by atoms with E-state index in [1.807, 2.05) is 0 Å². The van der Waals surface area contributed by atoms with Gasteiger partial charge in [-0.15, -0.1) is 13.2 Å². The molecule has 112 valence electrons. The highest BCUT2D eigenvalue weighted by Crippen LogP contribution is 2.34. The van der Waals surface area contributed by atoms with Gasteiger partial charge in [-0.3, -0.25) is 0 Å². The standard InChI is InChI=1S/C13H9BrF3NO3/c14-10-5-9(2-3-11(10)21-13(15,16)17)20-12-4-1-8(7-19)6-18-12/h1-6,19H,7H2. The largest absolute Gasteiger partial charge is 0.573 e. The van der Waals surface area contributed by atoms with Crippen LogP contribution in [0.3, 0.4) is 0 Å². The Bertz CT molecular complexity index is 617. The number of aromatic nitrogens is 1. The van der Waals surface area contributed by atoms with E-state index in [0.29, 0.717) is 11.3 Å². The minimum absolute atomic E-state index is 0.101. The lowest BCUT2D eigenvalue weighted by Gasteiger charge is -2.11. The third kappa shape index (κ3) is 4.61. The Balaban J connectivity index is 2.12. The van der Waals surface area contributed by atoms with Gasteiger partial charge in [0.25, 0.3) is 0 Å². The van der Waals surface area contributed by atoms with Gasteiger partial charge < -0.3 is 14.6 Å². The summed E-state index contributed by atoms with van der Waals surface area (Å²) in [5, 5.41) is 8.89. The van der Waals surface area contributed by atoms with Crippen LogP contribution in [0.5, 0.6) is 17.4 Å². The zero-order valence-electron chi connectivity index (χ0n) is 10.4. The minimum atomic E-state index is -4.76. The second-order valence-corrected chi connectivity index (χ2v) is 4.76. The van der Waals surface area contributed by atoms with Crippen molar-refractivity contribution in [2.75, 3.05) is 0 Å². The number of aliphatic hydroxyl groups excluding tert-OH is 1. The smallest absolute Gasteiger partial charge is 0.439 e. The number of benzene rings is 1. The summed E-state index contributed by atoms with van der Waals surface area (Å²) in [6.07, 6.45) is -3.32. The molecule has 2 aromatic rings. The molecule has 4 nitrogen and oxygen atoms in total. The summed E-state index contributed by atoms with van der Waals surface area (Å²) in [7, 11) is 0.